The van der Waals surface area contributed by atoms with E-state index in [0.29, 0.717) is 6.04 Å². The first-order chi connectivity index (χ1) is 11.2. The number of fused-ring (bicyclic) bond motifs is 1. The Kier molecular flexibility index (Phi) is 3.66. The van der Waals surface area contributed by atoms with Gasteiger partial charge in [-0.05, 0) is 55.9 Å². The third-order valence-corrected chi connectivity index (χ3v) is 4.85. The number of nitrogens with one attached hydrogen (secondary N) is 1. The lowest BCUT2D eigenvalue weighted by molar-refractivity contribution is 0.564. The standard InChI is InChI=1S/C20H23N3/c1-14-5-3-8-20-22-13-19(23(14)20)12-21-15(2)17-6-4-7-18(11-17)16-9-10-16/h3-8,11,13,15-16,21H,9-10,12H2,1-2H3. The van der Waals surface area contributed by atoms with E-state index in [4.69, 9.17) is 0 Å². The highest BCUT2D eigenvalue weighted by Gasteiger charge is 2.23. The Morgan fingerprint density at radius 1 is 1.22 bits per heavy atom. The summed E-state index contributed by atoms with van der Waals surface area (Å²) < 4.78 is 2.22. The summed E-state index contributed by atoms with van der Waals surface area (Å²) in [6.45, 7) is 5.18. The number of hydrogen-bond acceptors (Lipinski definition) is 2. The molecular formula is C20H23N3. The lowest BCUT2D eigenvalue weighted by Crippen LogP contribution is -2.19. The normalized spacial score (nSPS) is 15.9. The lowest BCUT2D eigenvalue weighted by Gasteiger charge is -2.15. The maximum Gasteiger partial charge on any atom is 0.137 e. The third kappa shape index (κ3) is 2.89. The van der Waals surface area contributed by atoms with Gasteiger partial charge in [0.1, 0.15) is 5.65 Å². The van der Waals surface area contributed by atoms with Gasteiger partial charge >= 0.3 is 0 Å². The summed E-state index contributed by atoms with van der Waals surface area (Å²) in [5.41, 5.74) is 6.33. The van der Waals surface area contributed by atoms with Gasteiger partial charge in [0.2, 0.25) is 0 Å². The van der Waals surface area contributed by atoms with Crippen molar-refractivity contribution in [1.82, 2.24) is 14.7 Å². The van der Waals surface area contributed by atoms with Gasteiger partial charge in [0, 0.05) is 18.3 Å². The van der Waals surface area contributed by atoms with Crippen LogP contribution in [0.1, 0.15) is 54.2 Å². The van der Waals surface area contributed by atoms with Crippen molar-refractivity contribution in [2.45, 2.75) is 45.2 Å². The van der Waals surface area contributed by atoms with E-state index in [0.717, 1.165) is 18.1 Å². The van der Waals surface area contributed by atoms with Gasteiger partial charge in [0.05, 0.1) is 11.9 Å². The molecule has 0 spiro atoms. The molecule has 0 aliphatic heterocycles. The summed E-state index contributed by atoms with van der Waals surface area (Å²) in [4.78, 5) is 4.50. The molecule has 1 aliphatic rings. The van der Waals surface area contributed by atoms with E-state index in [1.807, 2.05) is 6.20 Å². The van der Waals surface area contributed by atoms with Crippen molar-refractivity contribution < 1.29 is 0 Å². The molecule has 0 radical (unpaired) electrons. The largest absolute Gasteiger partial charge is 0.305 e. The first kappa shape index (κ1) is 14.5. The fourth-order valence-corrected chi connectivity index (χ4v) is 3.28. The fraction of sp³-hybridized carbons (Fsp3) is 0.350. The lowest BCUT2D eigenvalue weighted by atomic mass is 10.0. The first-order valence-electron chi connectivity index (χ1n) is 8.47. The number of rotatable bonds is 5. The van der Waals surface area contributed by atoms with Crippen LogP contribution in [0.3, 0.4) is 0 Å². The molecule has 3 nitrogen and oxygen atoms in total. The Bertz CT molecular complexity index is 830. The van der Waals surface area contributed by atoms with Gasteiger partial charge in [-0.15, -0.1) is 0 Å². The maximum atomic E-state index is 4.50. The van der Waals surface area contributed by atoms with Crippen molar-refractivity contribution in [3.8, 4) is 0 Å². The van der Waals surface area contributed by atoms with Crippen molar-refractivity contribution in [2.24, 2.45) is 0 Å². The van der Waals surface area contributed by atoms with E-state index in [-0.39, 0.29) is 0 Å². The van der Waals surface area contributed by atoms with Crippen LogP contribution in [0.5, 0.6) is 0 Å². The molecule has 0 saturated heterocycles. The number of hydrogen-bond donors (Lipinski definition) is 1. The molecule has 118 valence electrons. The van der Waals surface area contributed by atoms with Crippen LogP contribution in [0.15, 0.2) is 48.7 Å². The Labute approximate surface area is 137 Å². The summed E-state index contributed by atoms with van der Waals surface area (Å²) in [6.07, 6.45) is 4.68. The van der Waals surface area contributed by atoms with Gasteiger partial charge < -0.3 is 9.72 Å². The number of benzene rings is 1. The van der Waals surface area contributed by atoms with Crippen molar-refractivity contribution >= 4 is 5.65 Å². The molecular weight excluding hydrogens is 282 g/mol. The van der Waals surface area contributed by atoms with Gasteiger partial charge in [0.15, 0.2) is 0 Å². The van der Waals surface area contributed by atoms with Crippen LogP contribution in [0, 0.1) is 6.92 Å². The van der Waals surface area contributed by atoms with Gasteiger partial charge in [-0.1, -0.05) is 30.3 Å². The predicted octanol–water partition coefficient (Wildman–Crippen LogP) is 4.37. The highest BCUT2D eigenvalue weighted by molar-refractivity contribution is 5.42. The minimum Gasteiger partial charge on any atom is -0.305 e. The van der Waals surface area contributed by atoms with Crippen LogP contribution in [-0.4, -0.2) is 9.38 Å². The Morgan fingerprint density at radius 2 is 2.04 bits per heavy atom. The molecule has 1 fully saturated rings. The topological polar surface area (TPSA) is 29.3 Å². The molecule has 2 aromatic heterocycles. The molecule has 2 heterocycles. The zero-order valence-corrected chi connectivity index (χ0v) is 13.8. The monoisotopic (exact) mass is 305 g/mol. The predicted molar refractivity (Wildman–Crippen MR) is 93.6 cm³/mol. The maximum absolute atomic E-state index is 4.50. The van der Waals surface area contributed by atoms with Crippen LogP contribution < -0.4 is 5.32 Å². The molecule has 23 heavy (non-hydrogen) atoms. The molecule has 3 heteroatoms. The molecule has 1 N–H and O–H groups in total. The number of nitrogens with zero attached hydrogens (tertiary/aromatic N) is 2. The number of aryl methyl sites for hydroxylation is 1. The Balaban J connectivity index is 1.50. The van der Waals surface area contributed by atoms with Crippen LogP contribution in [-0.2, 0) is 6.54 Å². The smallest absolute Gasteiger partial charge is 0.137 e. The van der Waals surface area contributed by atoms with Crippen LogP contribution in [0.2, 0.25) is 0 Å². The minimum absolute atomic E-state index is 0.336. The Morgan fingerprint density at radius 3 is 2.87 bits per heavy atom. The van der Waals surface area contributed by atoms with Crippen molar-refractivity contribution in [3.63, 3.8) is 0 Å². The average molecular weight is 305 g/mol. The SMILES string of the molecule is Cc1cccc2ncc(CNC(C)c3cccc(C4CC4)c3)n12. The summed E-state index contributed by atoms with van der Waals surface area (Å²) in [6, 6.07) is 15.6. The van der Waals surface area contributed by atoms with Crippen LogP contribution >= 0.6 is 0 Å². The van der Waals surface area contributed by atoms with Crippen molar-refractivity contribution in [2.75, 3.05) is 0 Å². The molecule has 1 aromatic carbocycles. The zero-order valence-electron chi connectivity index (χ0n) is 13.8. The Hall–Kier alpha value is -2.13. The molecule has 1 unspecified atom stereocenters. The molecule has 1 saturated carbocycles. The summed E-state index contributed by atoms with van der Waals surface area (Å²) >= 11 is 0. The molecule has 4 rings (SSSR count). The summed E-state index contributed by atoms with van der Waals surface area (Å²) in [7, 11) is 0. The third-order valence-electron chi connectivity index (χ3n) is 4.85. The average Bonchev–Trinajstić information content (AvgIpc) is 3.34. The van der Waals surface area contributed by atoms with E-state index < -0.39 is 0 Å². The van der Waals surface area contributed by atoms with Gasteiger partial charge in [0.25, 0.3) is 0 Å². The van der Waals surface area contributed by atoms with Crippen molar-refractivity contribution in [3.05, 3.63) is 71.2 Å². The molecule has 0 bridgehead atoms. The zero-order chi connectivity index (χ0) is 15.8. The van der Waals surface area contributed by atoms with E-state index in [9.17, 15) is 0 Å². The highest BCUT2D eigenvalue weighted by Crippen LogP contribution is 2.40. The quantitative estimate of drug-likeness (QED) is 0.758. The summed E-state index contributed by atoms with van der Waals surface area (Å²) in [5, 5.41) is 3.65. The van der Waals surface area contributed by atoms with E-state index in [2.05, 4.69) is 71.0 Å². The van der Waals surface area contributed by atoms with E-state index in [1.54, 1.807) is 0 Å². The number of aromatic nitrogens is 2. The molecule has 1 atom stereocenters. The second-order valence-corrected chi connectivity index (χ2v) is 6.66. The molecule has 3 aromatic rings. The van der Waals surface area contributed by atoms with Gasteiger partial charge in [-0.25, -0.2) is 4.98 Å². The van der Waals surface area contributed by atoms with Gasteiger partial charge in [-0.2, -0.15) is 0 Å². The van der Waals surface area contributed by atoms with E-state index in [1.165, 1.54) is 35.4 Å². The van der Waals surface area contributed by atoms with E-state index >= 15 is 0 Å². The number of pyridine rings is 1. The van der Waals surface area contributed by atoms with Gasteiger partial charge in [-0.3, -0.25) is 0 Å². The van der Waals surface area contributed by atoms with Crippen LogP contribution in [0.25, 0.3) is 5.65 Å². The second-order valence-electron chi connectivity index (χ2n) is 6.66. The van der Waals surface area contributed by atoms with Crippen molar-refractivity contribution in [1.29, 1.82) is 0 Å². The second kappa shape index (κ2) is 5.82. The first-order valence-corrected chi connectivity index (χ1v) is 8.47. The molecule has 1 aliphatic carbocycles. The molecule has 0 amide bonds. The summed E-state index contributed by atoms with van der Waals surface area (Å²) in [5.74, 6) is 0.809. The van der Waals surface area contributed by atoms with Crippen LogP contribution in [0.4, 0.5) is 0 Å². The highest BCUT2D eigenvalue weighted by atomic mass is 15.0. The fourth-order valence-electron chi connectivity index (χ4n) is 3.28. The number of imidazole rings is 1. The minimum atomic E-state index is 0.336.